The summed E-state index contributed by atoms with van der Waals surface area (Å²) in [5.74, 6) is 1.07. The number of likely N-dealkylation sites (tertiary alicyclic amines) is 1. The molecule has 1 aromatic rings. The molecule has 4 rings (SSSR count). The Morgan fingerprint density at radius 3 is 2.95 bits per heavy atom. The van der Waals surface area contributed by atoms with E-state index in [0.717, 1.165) is 31.6 Å². The average molecular weight is 304 g/mol. The summed E-state index contributed by atoms with van der Waals surface area (Å²) in [4.78, 5) is 6.56. The lowest BCUT2D eigenvalue weighted by molar-refractivity contribution is 0.0409. The molecule has 2 fully saturated rings. The van der Waals surface area contributed by atoms with Gasteiger partial charge in [-0.3, -0.25) is 4.90 Å². The number of halogens is 1. The Morgan fingerprint density at radius 1 is 1.23 bits per heavy atom. The highest BCUT2D eigenvalue weighted by Gasteiger charge is 2.32. The van der Waals surface area contributed by atoms with Crippen molar-refractivity contribution in [2.75, 3.05) is 26.3 Å². The van der Waals surface area contributed by atoms with Gasteiger partial charge in [0.1, 0.15) is 0 Å². The van der Waals surface area contributed by atoms with Crippen LogP contribution in [0.4, 0.5) is 4.39 Å². The SMILES string of the molecule is Fc1cc2c(cn1)C(C[C@@H]1CCN(C3CCOCC3)C1)CC2. The van der Waals surface area contributed by atoms with Crippen molar-refractivity contribution in [2.45, 2.75) is 50.5 Å². The maximum absolute atomic E-state index is 13.2. The molecule has 2 saturated heterocycles. The van der Waals surface area contributed by atoms with Crippen LogP contribution in [0.2, 0.25) is 0 Å². The number of aromatic nitrogens is 1. The summed E-state index contributed by atoms with van der Waals surface area (Å²) in [6.07, 6.45) is 8.94. The van der Waals surface area contributed by atoms with Crippen LogP contribution in [0.15, 0.2) is 12.3 Å². The van der Waals surface area contributed by atoms with Crippen LogP contribution >= 0.6 is 0 Å². The number of pyridine rings is 1. The lowest BCUT2D eigenvalue weighted by Crippen LogP contribution is -2.37. The second-order valence-electron chi connectivity index (χ2n) is 7.17. The van der Waals surface area contributed by atoms with E-state index in [-0.39, 0.29) is 5.95 Å². The van der Waals surface area contributed by atoms with Crippen molar-refractivity contribution in [3.8, 4) is 0 Å². The summed E-state index contributed by atoms with van der Waals surface area (Å²) in [7, 11) is 0. The van der Waals surface area contributed by atoms with Crippen molar-refractivity contribution in [3.05, 3.63) is 29.3 Å². The van der Waals surface area contributed by atoms with Crippen LogP contribution in [0.1, 0.15) is 49.1 Å². The third-order valence-corrected chi connectivity index (χ3v) is 5.84. The van der Waals surface area contributed by atoms with Crippen LogP contribution < -0.4 is 0 Å². The number of hydrogen-bond acceptors (Lipinski definition) is 3. The third-order valence-electron chi connectivity index (χ3n) is 5.84. The fraction of sp³-hybridized carbons (Fsp3) is 0.722. The molecule has 0 radical (unpaired) electrons. The van der Waals surface area contributed by atoms with Gasteiger partial charge in [-0.2, -0.15) is 4.39 Å². The monoisotopic (exact) mass is 304 g/mol. The van der Waals surface area contributed by atoms with E-state index in [9.17, 15) is 4.39 Å². The summed E-state index contributed by atoms with van der Waals surface area (Å²) in [6.45, 7) is 4.35. The predicted octanol–water partition coefficient (Wildman–Crippen LogP) is 3.14. The minimum Gasteiger partial charge on any atom is -0.381 e. The zero-order valence-electron chi connectivity index (χ0n) is 13.1. The van der Waals surface area contributed by atoms with Crippen LogP contribution in [-0.2, 0) is 11.2 Å². The molecule has 0 saturated carbocycles. The predicted molar refractivity (Wildman–Crippen MR) is 83.4 cm³/mol. The number of hydrogen-bond donors (Lipinski definition) is 0. The lowest BCUT2D eigenvalue weighted by atomic mass is 9.90. The Labute approximate surface area is 131 Å². The van der Waals surface area contributed by atoms with Gasteiger partial charge in [0, 0.05) is 32.0 Å². The fourth-order valence-electron chi connectivity index (χ4n) is 4.63. The average Bonchev–Trinajstić information content (AvgIpc) is 3.16. The quantitative estimate of drug-likeness (QED) is 0.802. The summed E-state index contributed by atoms with van der Waals surface area (Å²) in [6, 6.07) is 2.38. The topological polar surface area (TPSA) is 25.4 Å². The molecule has 3 nitrogen and oxygen atoms in total. The van der Waals surface area contributed by atoms with E-state index in [0.29, 0.717) is 5.92 Å². The van der Waals surface area contributed by atoms with Crippen LogP contribution in [0.3, 0.4) is 0 Å². The first kappa shape index (κ1) is 14.6. The molecule has 2 aliphatic heterocycles. The van der Waals surface area contributed by atoms with Gasteiger partial charge in [0.15, 0.2) is 0 Å². The molecule has 0 aromatic carbocycles. The highest BCUT2D eigenvalue weighted by Crippen LogP contribution is 2.39. The maximum atomic E-state index is 13.2. The van der Waals surface area contributed by atoms with E-state index >= 15 is 0 Å². The van der Waals surface area contributed by atoms with Gasteiger partial charge in [0.25, 0.3) is 0 Å². The van der Waals surface area contributed by atoms with Crippen LogP contribution in [0, 0.1) is 11.9 Å². The Kier molecular flexibility index (Phi) is 4.14. The minimum absolute atomic E-state index is 0.328. The van der Waals surface area contributed by atoms with E-state index in [1.54, 1.807) is 12.3 Å². The standard InChI is InChI=1S/C18H25FN2O/c19-18-10-15-2-1-14(17(15)11-20-18)9-13-3-6-21(12-13)16-4-7-22-8-5-16/h10-11,13-14,16H,1-9,12H2/t13-,14?/m0/s1. The molecule has 22 heavy (non-hydrogen) atoms. The van der Waals surface area contributed by atoms with Crippen molar-refractivity contribution >= 4 is 0 Å². The largest absolute Gasteiger partial charge is 0.381 e. The van der Waals surface area contributed by atoms with E-state index in [1.807, 2.05) is 0 Å². The molecule has 120 valence electrons. The van der Waals surface area contributed by atoms with Crippen LogP contribution in [-0.4, -0.2) is 42.2 Å². The van der Waals surface area contributed by atoms with Gasteiger partial charge < -0.3 is 4.74 Å². The first-order valence-corrected chi connectivity index (χ1v) is 8.75. The molecule has 2 atom stereocenters. The number of fused-ring (bicyclic) bond motifs is 1. The van der Waals surface area contributed by atoms with Gasteiger partial charge in [-0.25, -0.2) is 4.98 Å². The molecule has 0 amide bonds. The second kappa shape index (κ2) is 6.25. The van der Waals surface area contributed by atoms with E-state index in [2.05, 4.69) is 9.88 Å². The molecule has 0 N–H and O–H groups in total. The van der Waals surface area contributed by atoms with Crippen LogP contribution in [0.5, 0.6) is 0 Å². The Balaban J connectivity index is 1.35. The van der Waals surface area contributed by atoms with Gasteiger partial charge in [0.2, 0.25) is 5.95 Å². The zero-order chi connectivity index (χ0) is 14.9. The summed E-state index contributed by atoms with van der Waals surface area (Å²) in [5, 5.41) is 0. The summed E-state index contributed by atoms with van der Waals surface area (Å²) in [5.41, 5.74) is 2.50. The molecule has 4 heteroatoms. The van der Waals surface area contributed by atoms with Crippen molar-refractivity contribution in [1.82, 2.24) is 9.88 Å². The molecule has 0 bridgehead atoms. The Morgan fingerprint density at radius 2 is 2.09 bits per heavy atom. The number of ether oxygens (including phenoxy) is 1. The van der Waals surface area contributed by atoms with Crippen molar-refractivity contribution in [2.24, 2.45) is 5.92 Å². The normalized spacial score (nSPS) is 29.9. The van der Waals surface area contributed by atoms with Gasteiger partial charge >= 0.3 is 0 Å². The van der Waals surface area contributed by atoms with E-state index in [1.165, 1.54) is 56.3 Å². The van der Waals surface area contributed by atoms with Crippen molar-refractivity contribution < 1.29 is 9.13 Å². The Bertz CT molecular complexity index is 530. The highest BCUT2D eigenvalue weighted by atomic mass is 19.1. The molecule has 3 heterocycles. The third kappa shape index (κ3) is 2.91. The van der Waals surface area contributed by atoms with Crippen molar-refractivity contribution in [1.29, 1.82) is 0 Å². The maximum Gasteiger partial charge on any atom is 0.213 e. The van der Waals surface area contributed by atoms with Crippen molar-refractivity contribution in [3.63, 3.8) is 0 Å². The fourth-order valence-corrected chi connectivity index (χ4v) is 4.63. The minimum atomic E-state index is -0.328. The lowest BCUT2D eigenvalue weighted by Gasteiger charge is -2.31. The summed E-state index contributed by atoms with van der Waals surface area (Å²) >= 11 is 0. The molecular formula is C18H25FN2O. The van der Waals surface area contributed by atoms with Gasteiger partial charge in [0.05, 0.1) is 0 Å². The first-order valence-electron chi connectivity index (χ1n) is 8.75. The molecule has 1 aromatic heterocycles. The molecule has 1 unspecified atom stereocenters. The summed E-state index contributed by atoms with van der Waals surface area (Å²) < 4.78 is 18.7. The molecular weight excluding hydrogens is 279 g/mol. The first-order chi connectivity index (χ1) is 10.8. The van der Waals surface area contributed by atoms with E-state index < -0.39 is 0 Å². The zero-order valence-corrected chi connectivity index (χ0v) is 13.1. The number of nitrogens with zero attached hydrogens (tertiary/aromatic N) is 2. The van der Waals surface area contributed by atoms with E-state index in [4.69, 9.17) is 4.74 Å². The smallest absolute Gasteiger partial charge is 0.213 e. The second-order valence-corrected chi connectivity index (χ2v) is 7.17. The molecule has 1 aliphatic carbocycles. The molecule has 0 spiro atoms. The van der Waals surface area contributed by atoms with Gasteiger partial charge in [-0.15, -0.1) is 0 Å². The van der Waals surface area contributed by atoms with Gasteiger partial charge in [-0.05, 0) is 74.1 Å². The number of aryl methyl sites for hydroxylation is 1. The Hall–Kier alpha value is -1.00. The highest BCUT2D eigenvalue weighted by molar-refractivity contribution is 5.32. The number of rotatable bonds is 3. The van der Waals surface area contributed by atoms with Crippen LogP contribution in [0.25, 0.3) is 0 Å². The molecule has 3 aliphatic rings. The van der Waals surface area contributed by atoms with Gasteiger partial charge in [-0.1, -0.05) is 0 Å².